The summed E-state index contributed by atoms with van der Waals surface area (Å²) in [5.41, 5.74) is 7.73. The molecule has 2 aromatic rings. The van der Waals surface area contributed by atoms with Crippen LogP contribution in [0, 0.1) is 6.92 Å². The van der Waals surface area contributed by atoms with Gasteiger partial charge < -0.3 is 15.8 Å². The van der Waals surface area contributed by atoms with E-state index in [1.165, 1.54) is 6.07 Å². The third kappa shape index (κ3) is 4.02. The van der Waals surface area contributed by atoms with E-state index >= 15 is 0 Å². The summed E-state index contributed by atoms with van der Waals surface area (Å²) in [6.07, 6.45) is 0. The van der Waals surface area contributed by atoms with Gasteiger partial charge in [-0.05, 0) is 42.8 Å². The van der Waals surface area contributed by atoms with Gasteiger partial charge in [-0.15, -0.1) is 0 Å². The Balaban J connectivity index is 2.14. The molecule has 0 saturated heterocycles. The highest BCUT2D eigenvalue weighted by Gasteiger charge is 2.13. The van der Waals surface area contributed by atoms with Crippen molar-refractivity contribution in [3.63, 3.8) is 0 Å². The molecule has 0 saturated carbocycles. The van der Waals surface area contributed by atoms with Crippen molar-refractivity contribution in [2.75, 3.05) is 19.4 Å². The number of amides is 1. The number of ketones is 1. The summed E-state index contributed by atoms with van der Waals surface area (Å²) in [4.78, 5) is 23.9. The zero-order valence-corrected chi connectivity index (χ0v) is 13.6. The number of ether oxygens (including phenoxy) is 1. The molecule has 0 aliphatic rings. The van der Waals surface area contributed by atoms with Crippen molar-refractivity contribution in [1.82, 2.24) is 5.32 Å². The number of carbonyl (C=O) groups excluding carboxylic acids is 2. The number of hydrogen-bond acceptors (Lipinski definition) is 4. The number of halogens is 1. The Morgan fingerprint density at radius 3 is 2.61 bits per heavy atom. The zero-order chi connectivity index (χ0) is 17.0. The number of nitrogens with one attached hydrogen (secondary N) is 1. The number of benzene rings is 2. The lowest BCUT2D eigenvalue weighted by Gasteiger charge is -2.11. The fraction of sp³-hybridized carbons (Fsp3) is 0.176. The molecule has 5 nitrogen and oxygen atoms in total. The highest BCUT2D eigenvalue weighted by Crippen LogP contribution is 2.22. The topological polar surface area (TPSA) is 81.4 Å². The quantitative estimate of drug-likeness (QED) is 0.651. The van der Waals surface area contributed by atoms with Gasteiger partial charge >= 0.3 is 0 Å². The average Bonchev–Trinajstić information content (AvgIpc) is 2.53. The summed E-state index contributed by atoms with van der Waals surface area (Å²) < 4.78 is 5.55. The van der Waals surface area contributed by atoms with Crippen molar-refractivity contribution in [2.24, 2.45) is 0 Å². The maximum absolute atomic E-state index is 12.2. The minimum atomic E-state index is -0.264. The van der Waals surface area contributed by atoms with Crippen LogP contribution < -0.4 is 15.8 Å². The fourth-order valence-corrected chi connectivity index (χ4v) is 2.31. The van der Waals surface area contributed by atoms with Gasteiger partial charge in [0.25, 0.3) is 5.91 Å². The predicted molar refractivity (Wildman–Crippen MR) is 90.3 cm³/mol. The number of anilines is 1. The lowest BCUT2D eigenvalue weighted by Crippen LogP contribution is -2.18. The molecule has 1 amide bonds. The minimum Gasteiger partial charge on any atom is -0.485 e. The largest absolute Gasteiger partial charge is 0.485 e. The zero-order valence-electron chi connectivity index (χ0n) is 12.9. The molecule has 0 fully saturated rings. The highest BCUT2D eigenvalue weighted by atomic mass is 35.5. The van der Waals surface area contributed by atoms with Gasteiger partial charge in [0, 0.05) is 23.9 Å². The van der Waals surface area contributed by atoms with Gasteiger partial charge in [0.15, 0.2) is 6.61 Å². The first-order valence-corrected chi connectivity index (χ1v) is 7.34. The summed E-state index contributed by atoms with van der Waals surface area (Å²) in [5.74, 6) is -0.00600. The summed E-state index contributed by atoms with van der Waals surface area (Å²) in [6.45, 7) is 1.66. The Morgan fingerprint density at radius 1 is 1.22 bits per heavy atom. The van der Waals surface area contributed by atoms with Crippen LogP contribution in [0.2, 0.25) is 5.02 Å². The molecule has 0 spiro atoms. The highest BCUT2D eigenvalue weighted by molar-refractivity contribution is 6.34. The summed E-state index contributed by atoms with van der Waals surface area (Å²) in [6, 6.07) is 9.76. The van der Waals surface area contributed by atoms with Crippen LogP contribution in [-0.2, 0) is 0 Å². The van der Waals surface area contributed by atoms with Crippen molar-refractivity contribution < 1.29 is 14.3 Å². The molecule has 23 heavy (non-hydrogen) atoms. The molecule has 2 rings (SSSR count). The molecule has 6 heteroatoms. The summed E-state index contributed by atoms with van der Waals surface area (Å²) in [5, 5.41) is 2.83. The molecule has 3 N–H and O–H groups in total. The first-order valence-electron chi connectivity index (χ1n) is 6.96. The summed E-state index contributed by atoms with van der Waals surface area (Å²) in [7, 11) is 1.55. The van der Waals surface area contributed by atoms with Crippen LogP contribution in [0.25, 0.3) is 0 Å². The Kier molecular flexibility index (Phi) is 5.24. The van der Waals surface area contributed by atoms with Gasteiger partial charge in [-0.25, -0.2) is 0 Å². The number of Topliss-reactive ketones (excluding diaryl/α,β-unsaturated/α-hetero) is 1. The molecule has 120 valence electrons. The first-order chi connectivity index (χ1) is 10.9. The molecule has 0 heterocycles. The predicted octanol–water partition coefficient (Wildman–Crippen LogP) is 2.85. The monoisotopic (exact) mass is 332 g/mol. The van der Waals surface area contributed by atoms with Crippen LogP contribution in [0.5, 0.6) is 5.75 Å². The van der Waals surface area contributed by atoms with Gasteiger partial charge in [0.2, 0.25) is 5.78 Å². The molecule has 2 aromatic carbocycles. The van der Waals surface area contributed by atoms with E-state index in [4.69, 9.17) is 22.1 Å². The average molecular weight is 333 g/mol. The Morgan fingerprint density at radius 2 is 1.96 bits per heavy atom. The smallest absolute Gasteiger partial charge is 0.251 e. The minimum absolute atomic E-state index is 0.179. The van der Waals surface area contributed by atoms with Crippen LogP contribution in [0.3, 0.4) is 0 Å². The van der Waals surface area contributed by atoms with Crippen molar-refractivity contribution >= 4 is 29.0 Å². The van der Waals surface area contributed by atoms with Crippen LogP contribution in [0.15, 0.2) is 36.4 Å². The Hall–Kier alpha value is -2.53. The number of nitrogens with two attached hydrogens (primary N) is 1. The molecule has 0 radical (unpaired) electrons. The standard InChI is InChI=1S/C17H17ClN2O3/c1-10-3-4-11(17(22)20-2)7-16(10)23-9-15(21)13-6-5-12(19)8-14(13)18/h3-8H,9,19H2,1-2H3,(H,20,22). The van der Waals surface area contributed by atoms with E-state index in [-0.39, 0.29) is 23.3 Å². The SMILES string of the molecule is CNC(=O)c1ccc(C)c(OCC(=O)c2ccc(N)cc2Cl)c1. The van der Waals surface area contributed by atoms with Crippen LogP contribution >= 0.6 is 11.6 Å². The molecular formula is C17H17ClN2O3. The van der Waals surface area contributed by atoms with E-state index in [0.717, 1.165) is 5.56 Å². The second kappa shape index (κ2) is 7.15. The first kappa shape index (κ1) is 16.8. The van der Waals surface area contributed by atoms with E-state index in [1.807, 2.05) is 6.92 Å². The molecule has 0 unspecified atom stereocenters. The van der Waals surface area contributed by atoms with E-state index < -0.39 is 0 Å². The Labute approximate surface area is 139 Å². The summed E-state index contributed by atoms with van der Waals surface area (Å²) >= 11 is 6.01. The molecule has 0 aliphatic carbocycles. The maximum Gasteiger partial charge on any atom is 0.251 e. The van der Waals surface area contributed by atoms with Crippen molar-refractivity contribution in [2.45, 2.75) is 6.92 Å². The lowest BCUT2D eigenvalue weighted by molar-refractivity contribution is 0.0921. The van der Waals surface area contributed by atoms with E-state index in [1.54, 1.807) is 37.4 Å². The van der Waals surface area contributed by atoms with Gasteiger partial charge in [0.05, 0.1) is 5.02 Å². The number of nitrogen functional groups attached to an aromatic ring is 1. The molecule has 0 aliphatic heterocycles. The normalized spacial score (nSPS) is 10.2. The van der Waals surface area contributed by atoms with E-state index in [9.17, 15) is 9.59 Å². The van der Waals surface area contributed by atoms with E-state index in [0.29, 0.717) is 22.6 Å². The van der Waals surface area contributed by atoms with Gasteiger partial charge in [-0.2, -0.15) is 0 Å². The maximum atomic E-state index is 12.2. The molecular weight excluding hydrogens is 316 g/mol. The third-order valence-corrected chi connectivity index (χ3v) is 3.64. The Bertz CT molecular complexity index is 759. The van der Waals surface area contributed by atoms with Crippen molar-refractivity contribution in [3.8, 4) is 5.75 Å². The van der Waals surface area contributed by atoms with Gasteiger partial charge in [-0.1, -0.05) is 17.7 Å². The third-order valence-electron chi connectivity index (χ3n) is 3.33. The van der Waals surface area contributed by atoms with E-state index in [2.05, 4.69) is 5.32 Å². The van der Waals surface area contributed by atoms with Crippen molar-refractivity contribution in [3.05, 3.63) is 58.1 Å². The number of carbonyl (C=O) groups is 2. The van der Waals surface area contributed by atoms with Gasteiger partial charge in [0.1, 0.15) is 5.75 Å². The fourth-order valence-electron chi connectivity index (χ4n) is 2.02. The number of hydrogen-bond donors (Lipinski definition) is 2. The molecule has 0 bridgehead atoms. The number of aryl methyl sites for hydroxylation is 1. The lowest BCUT2D eigenvalue weighted by atomic mass is 10.1. The molecule has 0 atom stereocenters. The second-order valence-corrected chi connectivity index (χ2v) is 5.42. The second-order valence-electron chi connectivity index (χ2n) is 5.01. The van der Waals surface area contributed by atoms with Crippen LogP contribution in [0.1, 0.15) is 26.3 Å². The van der Waals surface area contributed by atoms with Crippen LogP contribution in [-0.4, -0.2) is 25.3 Å². The number of rotatable bonds is 5. The van der Waals surface area contributed by atoms with Crippen LogP contribution in [0.4, 0.5) is 5.69 Å². The molecule has 0 aromatic heterocycles. The van der Waals surface area contributed by atoms with Crippen molar-refractivity contribution in [1.29, 1.82) is 0 Å². The van der Waals surface area contributed by atoms with Gasteiger partial charge in [-0.3, -0.25) is 9.59 Å².